The van der Waals surface area contributed by atoms with Crippen LogP contribution in [0.25, 0.3) is 0 Å². The SMILES string of the molecule is CCCC1(OC)C(N)(OC=O)CCC[Si]1(OC)OC. The van der Waals surface area contributed by atoms with Gasteiger partial charge in [0, 0.05) is 27.8 Å². The molecule has 1 fully saturated rings. The molecule has 2 N–H and O–H groups in total. The maximum atomic E-state index is 10.8. The predicted molar refractivity (Wildman–Crippen MR) is 72.5 cm³/mol. The van der Waals surface area contributed by atoms with Crippen LogP contribution in [0.5, 0.6) is 0 Å². The molecule has 0 aromatic heterocycles. The molecule has 0 saturated carbocycles. The largest absolute Gasteiger partial charge is 0.443 e. The van der Waals surface area contributed by atoms with Gasteiger partial charge in [-0.05, 0) is 18.9 Å². The Balaban J connectivity index is 3.35. The van der Waals surface area contributed by atoms with Crippen molar-refractivity contribution in [3.63, 3.8) is 0 Å². The van der Waals surface area contributed by atoms with Crippen molar-refractivity contribution in [3.05, 3.63) is 0 Å². The molecule has 0 aromatic rings. The highest BCUT2D eigenvalue weighted by atomic mass is 28.4. The van der Waals surface area contributed by atoms with E-state index in [0.29, 0.717) is 19.3 Å². The molecular weight excluding hydrogens is 266 g/mol. The summed E-state index contributed by atoms with van der Waals surface area (Å²) in [4.78, 5) is 10.8. The van der Waals surface area contributed by atoms with Crippen LogP contribution in [0.3, 0.4) is 0 Å². The summed E-state index contributed by atoms with van der Waals surface area (Å²) in [7, 11) is 2.08. The highest BCUT2D eigenvalue weighted by Gasteiger charge is 2.70. The third-order valence-electron chi connectivity index (χ3n) is 4.22. The number of nitrogens with two attached hydrogens (primary N) is 1. The smallest absolute Gasteiger partial charge is 0.376 e. The van der Waals surface area contributed by atoms with E-state index in [0.717, 1.165) is 18.9 Å². The first-order valence-corrected chi connectivity index (χ1v) is 8.59. The normalized spacial score (nSPS) is 33.9. The Kier molecular flexibility index (Phi) is 5.51. The van der Waals surface area contributed by atoms with Gasteiger partial charge in [0.05, 0.1) is 0 Å². The monoisotopic (exact) mass is 291 g/mol. The van der Waals surface area contributed by atoms with Crippen LogP contribution in [0.4, 0.5) is 0 Å². The molecule has 2 atom stereocenters. The maximum absolute atomic E-state index is 10.8. The number of methoxy groups -OCH3 is 1. The molecule has 19 heavy (non-hydrogen) atoms. The maximum Gasteiger partial charge on any atom is 0.376 e. The molecule has 1 aliphatic rings. The number of carbonyl (C=O) groups is 1. The number of ether oxygens (including phenoxy) is 2. The van der Waals surface area contributed by atoms with Crippen molar-refractivity contribution in [2.45, 2.75) is 49.6 Å². The molecule has 0 aliphatic carbocycles. The summed E-state index contributed by atoms with van der Waals surface area (Å²) in [5.74, 6) is 0. The Morgan fingerprint density at radius 3 is 2.37 bits per heavy atom. The van der Waals surface area contributed by atoms with E-state index in [1.165, 1.54) is 0 Å². The molecule has 0 spiro atoms. The van der Waals surface area contributed by atoms with Gasteiger partial charge in [0.1, 0.15) is 0 Å². The Hall–Kier alpha value is -0.473. The molecule has 112 valence electrons. The van der Waals surface area contributed by atoms with Crippen LogP contribution in [-0.2, 0) is 23.1 Å². The lowest BCUT2D eigenvalue weighted by atomic mass is 9.96. The summed E-state index contributed by atoms with van der Waals surface area (Å²) in [6.07, 6.45) is 2.78. The fourth-order valence-electron chi connectivity index (χ4n) is 3.35. The first kappa shape index (κ1) is 16.6. The van der Waals surface area contributed by atoms with Crippen LogP contribution in [0.2, 0.25) is 6.04 Å². The summed E-state index contributed by atoms with van der Waals surface area (Å²) < 4.78 is 22.5. The van der Waals surface area contributed by atoms with Gasteiger partial charge in [0.2, 0.25) is 0 Å². The van der Waals surface area contributed by atoms with Crippen molar-refractivity contribution >= 4 is 15.0 Å². The average molecular weight is 291 g/mol. The van der Waals surface area contributed by atoms with Gasteiger partial charge in [-0.2, -0.15) is 0 Å². The molecular formula is C12H25NO5Si. The molecule has 1 rings (SSSR count). The predicted octanol–water partition coefficient (Wildman–Crippen LogP) is 1.07. The lowest BCUT2D eigenvalue weighted by molar-refractivity contribution is -0.188. The van der Waals surface area contributed by atoms with Gasteiger partial charge in [-0.15, -0.1) is 0 Å². The Labute approximate surface area is 115 Å². The average Bonchev–Trinajstić information content (AvgIpc) is 2.41. The van der Waals surface area contributed by atoms with E-state index < -0.39 is 19.5 Å². The van der Waals surface area contributed by atoms with Gasteiger partial charge < -0.3 is 18.3 Å². The number of hydrogen-bond donors (Lipinski definition) is 1. The number of hydrogen-bond acceptors (Lipinski definition) is 6. The molecule has 0 bridgehead atoms. The van der Waals surface area contributed by atoms with Gasteiger partial charge in [-0.25, -0.2) is 0 Å². The van der Waals surface area contributed by atoms with Gasteiger partial charge in [0.25, 0.3) is 6.47 Å². The van der Waals surface area contributed by atoms with E-state index in [-0.39, 0.29) is 0 Å². The first-order chi connectivity index (χ1) is 9.01. The van der Waals surface area contributed by atoms with Crippen molar-refractivity contribution in [2.24, 2.45) is 5.73 Å². The third-order valence-corrected chi connectivity index (χ3v) is 8.66. The second kappa shape index (κ2) is 6.32. The van der Waals surface area contributed by atoms with Gasteiger partial charge in [0.15, 0.2) is 10.9 Å². The lowest BCUT2D eigenvalue weighted by Gasteiger charge is -2.55. The van der Waals surface area contributed by atoms with E-state index in [9.17, 15) is 4.79 Å². The summed E-state index contributed by atoms with van der Waals surface area (Å²) in [6.45, 7) is 2.42. The van der Waals surface area contributed by atoms with E-state index in [1.807, 2.05) is 6.92 Å². The van der Waals surface area contributed by atoms with Gasteiger partial charge in [-0.3, -0.25) is 10.5 Å². The first-order valence-electron chi connectivity index (χ1n) is 6.57. The molecule has 0 amide bonds. The Morgan fingerprint density at radius 2 is 1.95 bits per heavy atom. The molecule has 1 heterocycles. The highest BCUT2D eigenvalue weighted by molar-refractivity contribution is 6.71. The highest BCUT2D eigenvalue weighted by Crippen LogP contribution is 2.47. The van der Waals surface area contributed by atoms with Crippen LogP contribution in [0.15, 0.2) is 0 Å². The van der Waals surface area contributed by atoms with Crippen molar-refractivity contribution in [3.8, 4) is 0 Å². The summed E-state index contributed by atoms with van der Waals surface area (Å²) in [5, 5.41) is -0.891. The lowest BCUT2D eigenvalue weighted by Crippen LogP contribution is -2.79. The number of carbonyl (C=O) groups excluding carboxylic acids is 1. The molecule has 7 heteroatoms. The van der Waals surface area contributed by atoms with Crippen molar-refractivity contribution < 1.29 is 23.1 Å². The van der Waals surface area contributed by atoms with Crippen LogP contribution in [-0.4, -0.2) is 47.3 Å². The minimum atomic E-state index is -2.74. The van der Waals surface area contributed by atoms with Crippen molar-refractivity contribution in [1.82, 2.24) is 0 Å². The zero-order chi connectivity index (χ0) is 14.6. The Morgan fingerprint density at radius 1 is 1.32 bits per heavy atom. The Bertz CT molecular complexity index is 312. The molecule has 1 saturated heterocycles. The third kappa shape index (κ3) is 2.34. The minimum Gasteiger partial charge on any atom is -0.443 e. The molecule has 0 aromatic carbocycles. The van der Waals surface area contributed by atoms with Crippen molar-refractivity contribution in [1.29, 1.82) is 0 Å². The quantitative estimate of drug-likeness (QED) is 0.429. The molecule has 0 radical (unpaired) electrons. The van der Waals surface area contributed by atoms with E-state index in [4.69, 9.17) is 24.1 Å². The van der Waals surface area contributed by atoms with E-state index in [1.54, 1.807) is 21.3 Å². The topological polar surface area (TPSA) is 80.0 Å². The standard InChI is InChI=1S/C12H25NO5Si/c1-5-7-12(15-2)11(13,18-10-14)8-6-9-19(12,16-3)17-4/h10H,5-9,13H2,1-4H3. The van der Waals surface area contributed by atoms with Gasteiger partial charge in [-0.1, -0.05) is 13.3 Å². The summed E-state index contributed by atoms with van der Waals surface area (Å²) in [6, 6.07) is 0.773. The molecule has 6 nitrogen and oxygen atoms in total. The minimum absolute atomic E-state index is 0.388. The van der Waals surface area contributed by atoms with Crippen LogP contribution >= 0.6 is 0 Å². The molecule has 1 aliphatic heterocycles. The van der Waals surface area contributed by atoms with Crippen molar-refractivity contribution in [2.75, 3.05) is 21.3 Å². The fourth-order valence-corrected chi connectivity index (χ4v) is 7.40. The fraction of sp³-hybridized carbons (Fsp3) is 0.917. The second-order valence-electron chi connectivity index (χ2n) is 4.90. The number of rotatable bonds is 7. The zero-order valence-electron chi connectivity index (χ0n) is 12.2. The van der Waals surface area contributed by atoms with E-state index >= 15 is 0 Å². The summed E-state index contributed by atoms with van der Waals surface area (Å²) >= 11 is 0. The van der Waals surface area contributed by atoms with Crippen LogP contribution in [0.1, 0.15) is 32.6 Å². The van der Waals surface area contributed by atoms with Gasteiger partial charge >= 0.3 is 8.56 Å². The van der Waals surface area contributed by atoms with Crippen LogP contribution < -0.4 is 5.73 Å². The van der Waals surface area contributed by atoms with Crippen LogP contribution in [0, 0.1) is 0 Å². The summed E-state index contributed by atoms with van der Waals surface area (Å²) in [5.41, 5.74) is 5.17. The second-order valence-corrected chi connectivity index (χ2v) is 8.53. The van der Waals surface area contributed by atoms with E-state index in [2.05, 4.69) is 0 Å². The molecule has 2 unspecified atom stereocenters. The zero-order valence-corrected chi connectivity index (χ0v) is 13.2.